The number of rotatable bonds is 6. The minimum absolute atomic E-state index is 0.221. The minimum Gasteiger partial charge on any atom is -0.312 e. The first-order valence-corrected chi connectivity index (χ1v) is 8.17. The van der Waals surface area contributed by atoms with E-state index in [0.717, 1.165) is 23.5 Å². The first kappa shape index (κ1) is 16.3. The maximum atomic E-state index is 13.7. The van der Waals surface area contributed by atoms with Crippen LogP contribution < -0.4 is 5.32 Å². The zero-order valence-corrected chi connectivity index (χ0v) is 13.8. The first-order chi connectivity index (χ1) is 10.1. The highest BCUT2D eigenvalue weighted by molar-refractivity contribution is 7.99. The highest BCUT2D eigenvalue weighted by atomic mass is 35.5. The average Bonchev–Trinajstić information content (AvgIpc) is 2.43. The Morgan fingerprint density at radius 2 is 1.90 bits per heavy atom. The van der Waals surface area contributed by atoms with E-state index in [9.17, 15) is 4.39 Å². The van der Waals surface area contributed by atoms with Crippen molar-refractivity contribution in [2.75, 3.05) is 6.54 Å². The van der Waals surface area contributed by atoms with Gasteiger partial charge in [0.1, 0.15) is 5.82 Å². The summed E-state index contributed by atoms with van der Waals surface area (Å²) in [5, 5.41) is 4.04. The van der Waals surface area contributed by atoms with Gasteiger partial charge in [-0.05, 0) is 42.3 Å². The van der Waals surface area contributed by atoms with Gasteiger partial charge in [-0.1, -0.05) is 55.4 Å². The van der Waals surface area contributed by atoms with E-state index in [0.29, 0.717) is 15.8 Å². The van der Waals surface area contributed by atoms with Crippen LogP contribution in [0, 0.1) is 11.7 Å². The fourth-order valence-corrected chi connectivity index (χ4v) is 3.05. The van der Waals surface area contributed by atoms with Crippen molar-refractivity contribution >= 4 is 23.4 Å². The summed E-state index contributed by atoms with van der Waals surface area (Å²) in [4.78, 5) is 1.46. The van der Waals surface area contributed by atoms with Crippen LogP contribution in [0.1, 0.15) is 19.4 Å². The van der Waals surface area contributed by atoms with Gasteiger partial charge in [-0.25, -0.2) is 4.39 Å². The average molecular weight is 324 g/mol. The van der Waals surface area contributed by atoms with Gasteiger partial charge in [0, 0.05) is 16.3 Å². The van der Waals surface area contributed by atoms with Gasteiger partial charge >= 0.3 is 0 Å². The second-order valence-electron chi connectivity index (χ2n) is 5.32. The number of hydrogen-bond donors (Lipinski definition) is 1. The molecule has 0 bridgehead atoms. The van der Waals surface area contributed by atoms with Crippen LogP contribution in [-0.2, 0) is 6.54 Å². The molecule has 0 aliphatic carbocycles. The first-order valence-electron chi connectivity index (χ1n) is 6.98. The monoisotopic (exact) mass is 323 g/mol. The number of benzene rings is 2. The van der Waals surface area contributed by atoms with Crippen LogP contribution >= 0.6 is 23.4 Å². The molecule has 0 aromatic heterocycles. The Bertz CT molecular complexity index is 601. The molecule has 0 amide bonds. The Balaban J connectivity index is 2.04. The van der Waals surface area contributed by atoms with E-state index in [1.807, 2.05) is 24.3 Å². The molecule has 0 saturated heterocycles. The van der Waals surface area contributed by atoms with Gasteiger partial charge in [0.2, 0.25) is 0 Å². The number of hydrogen-bond acceptors (Lipinski definition) is 2. The van der Waals surface area contributed by atoms with Gasteiger partial charge in [-0.3, -0.25) is 0 Å². The van der Waals surface area contributed by atoms with Crippen molar-refractivity contribution in [3.05, 3.63) is 58.9 Å². The molecule has 0 atom stereocenters. The van der Waals surface area contributed by atoms with Crippen molar-refractivity contribution in [2.24, 2.45) is 5.92 Å². The third-order valence-electron chi connectivity index (χ3n) is 2.93. The number of nitrogens with one attached hydrogen (secondary N) is 1. The molecule has 0 aliphatic heterocycles. The van der Waals surface area contributed by atoms with Crippen LogP contribution in [0.5, 0.6) is 0 Å². The zero-order valence-electron chi connectivity index (χ0n) is 12.2. The van der Waals surface area contributed by atoms with Crippen LogP contribution in [0.2, 0.25) is 5.02 Å². The lowest BCUT2D eigenvalue weighted by atomic mass is 10.2. The SMILES string of the molecule is CC(C)CNCc1ccc(Sc2ccccc2F)c(Cl)c1. The summed E-state index contributed by atoms with van der Waals surface area (Å²) in [7, 11) is 0. The largest absolute Gasteiger partial charge is 0.312 e. The molecule has 2 aromatic rings. The van der Waals surface area contributed by atoms with Gasteiger partial charge in [-0.2, -0.15) is 0 Å². The topological polar surface area (TPSA) is 12.0 Å². The summed E-state index contributed by atoms with van der Waals surface area (Å²) in [6.07, 6.45) is 0. The quantitative estimate of drug-likeness (QED) is 0.766. The van der Waals surface area contributed by atoms with Gasteiger partial charge in [0.05, 0.1) is 5.02 Å². The summed E-state index contributed by atoms with van der Waals surface area (Å²) < 4.78 is 13.7. The molecule has 0 unspecified atom stereocenters. The van der Waals surface area contributed by atoms with Crippen molar-refractivity contribution in [2.45, 2.75) is 30.2 Å². The molecule has 0 spiro atoms. The molecule has 112 valence electrons. The normalized spacial score (nSPS) is 11.1. The molecule has 0 aliphatic rings. The summed E-state index contributed by atoms with van der Waals surface area (Å²) in [6, 6.07) is 12.6. The van der Waals surface area contributed by atoms with Crippen molar-refractivity contribution < 1.29 is 4.39 Å². The maximum absolute atomic E-state index is 13.7. The van der Waals surface area contributed by atoms with Gasteiger partial charge in [0.15, 0.2) is 0 Å². The number of halogens is 2. The Kier molecular flexibility index (Phi) is 6.09. The van der Waals surface area contributed by atoms with Crippen molar-refractivity contribution in [1.82, 2.24) is 5.32 Å². The molecule has 2 aromatic carbocycles. The van der Waals surface area contributed by atoms with Crippen LogP contribution in [0.4, 0.5) is 4.39 Å². The van der Waals surface area contributed by atoms with E-state index in [1.54, 1.807) is 12.1 Å². The predicted octanol–water partition coefficient (Wildman–Crippen LogP) is 5.38. The second-order valence-corrected chi connectivity index (χ2v) is 6.81. The molecule has 21 heavy (non-hydrogen) atoms. The molecule has 0 saturated carbocycles. The Labute approximate surface area is 134 Å². The molecule has 2 rings (SSSR count). The minimum atomic E-state index is -0.221. The molecule has 0 heterocycles. The van der Waals surface area contributed by atoms with Gasteiger partial charge < -0.3 is 5.32 Å². The third-order valence-corrected chi connectivity index (χ3v) is 4.49. The van der Waals surface area contributed by atoms with Crippen molar-refractivity contribution in [3.63, 3.8) is 0 Å². The Morgan fingerprint density at radius 3 is 2.57 bits per heavy atom. The molecular weight excluding hydrogens is 305 g/mol. The summed E-state index contributed by atoms with van der Waals surface area (Å²) >= 11 is 7.65. The van der Waals surface area contributed by atoms with E-state index in [1.165, 1.54) is 17.8 Å². The highest BCUT2D eigenvalue weighted by Gasteiger charge is 2.07. The van der Waals surface area contributed by atoms with Crippen LogP contribution in [0.25, 0.3) is 0 Å². The van der Waals surface area contributed by atoms with E-state index < -0.39 is 0 Å². The Morgan fingerprint density at radius 1 is 1.14 bits per heavy atom. The van der Waals surface area contributed by atoms with E-state index in [4.69, 9.17) is 11.6 Å². The predicted molar refractivity (Wildman–Crippen MR) is 88.5 cm³/mol. The molecule has 1 nitrogen and oxygen atoms in total. The molecule has 4 heteroatoms. The lowest BCUT2D eigenvalue weighted by Gasteiger charge is -2.10. The summed E-state index contributed by atoms with van der Waals surface area (Å²) in [6.45, 7) is 6.12. The Hall–Kier alpha value is -1.03. The van der Waals surface area contributed by atoms with E-state index in [-0.39, 0.29) is 5.82 Å². The maximum Gasteiger partial charge on any atom is 0.137 e. The van der Waals surface area contributed by atoms with E-state index in [2.05, 4.69) is 19.2 Å². The second kappa shape index (κ2) is 7.83. The van der Waals surface area contributed by atoms with Gasteiger partial charge in [-0.15, -0.1) is 0 Å². The molecule has 0 radical (unpaired) electrons. The van der Waals surface area contributed by atoms with Crippen molar-refractivity contribution in [3.8, 4) is 0 Å². The van der Waals surface area contributed by atoms with Crippen molar-refractivity contribution in [1.29, 1.82) is 0 Å². The highest BCUT2D eigenvalue weighted by Crippen LogP contribution is 2.35. The van der Waals surface area contributed by atoms with Crippen LogP contribution in [0.3, 0.4) is 0 Å². The standard InChI is InChI=1S/C17H19ClFNS/c1-12(2)10-20-11-13-7-8-16(14(18)9-13)21-17-6-4-3-5-15(17)19/h3-9,12,20H,10-11H2,1-2H3. The fraction of sp³-hybridized carbons (Fsp3) is 0.294. The molecule has 1 N–H and O–H groups in total. The summed E-state index contributed by atoms with van der Waals surface area (Å²) in [5.41, 5.74) is 1.14. The van der Waals surface area contributed by atoms with Gasteiger partial charge in [0.25, 0.3) is 0 Å². The van der Waals surface area contributed by atoms with Crippen LogP contribution in [-0.4, -0.2) is 6.54 Å². The fourth-order valence-electron chi connectivity index (χ4n) is 1.89. The lowest BCUT2D eigenvalue weighted by molar-refractivity contribution is 0.552. The van der Waals surface area contributed by atoms with Crippen LogP contribution in [0.15, 0.2) is 52.3 Å². The smallest absolute Gasteiger partial charge is 0.137 e. The zero-order chi connectivity index (χ0) is 15.2. The summed E-state index contributed by atoms with van der Waals surface area (Å²) in [5.74, 6) is 0.401. The van der Waals surface area contributed by atoms with E-state index >= 15 is 0 Å². The third kappa shape index (κ3) is 5.03. The molecule has 0 fully saturated rings. The lowest BCUT2D eigenvalue weighted by Crippen LogP contribution is -2.18. The molecular formula is C17H19ClFNS.